The van der Waals surface area contributed by atoms with E-state index < -0.39 is 40.6 Å². The Morgan fingerprint density at radius 1 is 0.950 bits per heavy atom. The first-order chi connectivity index (χ1) is 19.4. The molecule has 8 nitrogen and oxygen atoms in total. The predicted molar refractivity (Wildman–Crippen MR) is 151 cm³/mol. The number of rotatable bonds is 6. The second kappa shape index (κ2) is 10.4. The molecule has 0 radical (unpaired) electrons. The molecule has 0 bridgehead atoms. The summed E-state index contributed by atoms with van der Waals surface area (Å²) in [6.07, 6.45) is 0. The zero-order valence-electron chi connectivity index (χ0n) is 21.1. The third kappa shape index (κ3) is 4.40. The Kier molecular flexibility index (Phi) is 6.77. The van der Waals surface area contributed by atoms with Crippen molar-refractivity contribution in [1.29, 1.82) is 0 Å². The summed E-state index contributed by atoms with van der Waals surface area (Å²) >= 11 is 2.07. The van der Waals surface area contributed by atoms with Gasteiger partial charge in [0, 0.05) is 22.0 Å². The van der Waals surface area contributed by atoms with Crippen LogP contribution in [0.15, 0.2) is 88.7 Å². The first-order valence-electron chi connectivity index (χ1n) is 12.4. The lowest BCUT2D eigenvalue weighted by Gasteiger charge is -2.31. The zero-order chi connectivity index (χ0) is 28.0. The lowest BCUT2D eigenvalue weighted by Crippen LogP contribution is -2.33. The maximum atomic E-state index is 13.9. The number of para-hydroxylation sites is 2. The molecule has 3 amide bonds. The van der Waals surface area contributed by atoms with Crippen molar-refractivity contribution >= 4 is 52.2 Å². The van der Waals surface area contributed by atoms with Crippen molar-refractivity contribution in [2.45, 2.75) is 22.7 Å². The van der Waals surface area contributed by atoms with Gasteiger partial charge in [0.15, 0.2) is 0 Å². The normalized spacial score (nSPS) is 19.8. The standard InChI is InChI=1S/C29H22FN3O5S2/c1-38-20-10-6-5-9-19(20)22-23-24(27(36)33(26(23)35)18-13-11-16(30)12-14-18)39-28-25(22)40-29(37)32(28)15-21(34)31-17-7-3-2-4-8-17/h2-14,22-24H,15H2,1H3,(H,31,34). The van der Waals surface area contributed by atoms with Crippen LogP contribution in [0, 0.1) is 11.7 Å². The van der Waals surface area contributed by atoms with Gasteiger partial charge in [-0.05, 0) is 42.5 Å². The van der Waals surface area contributed by atoms with Crippen LogP contribution in [0.1, 0.15) is 16.4 Å². The molecule has 2 aliphatic rings. The molecule has 3 unspecified atom stereocenters. The van der Waals surface area contributed by atoms with Crippen LogP contribution in [0.5, 0.6) is 5.75 Å². The van der Waals surface area contributed by atoms with Crippen molar-refractivity contribution in [3.05, 3.63) is 105 Å². The molecule has 0 aliphatic carbocycles. The number of amides is 3. The van der Waals surface area contributed by atoms with E-state index in [0.717, 1.165) is 28.0 Å². The summed E-state index contributed by atoms with van der Waals surface area (Å²) in [5.74, 6) is -2.78. The van der Waals surface area contributed by atoms with Gasteiger partial charge in [0.2, 0.25) is 17.7 Å². The third-order valence-corrected chi connectivity index (χ3v) is 9.57. The lowest BCUT2D eigenvalue weighted by atomic mass is 9.82. The predicted octanol–water partition coefficient (Wildman–Crippen LogP) is 4.49. The van der Waals surface area contributed by atoms with E-state index >= 15 is 0 Å². The number of anilines is 2. The fourth-order valence-corrected chi connectivity index (χ4v) is 7.99. The van der Waals surface area contributed by atoms with Gasteiger partial charge in [-0.25, -0.2) is 9.29 Å². The molecule has 6 rings (SSSR count). The molecule has 202 valence electrons. The van der Waals surface area contributed by atoms with Gasteiger partial charge in [-0.1, -0.05) is 59.5 Å². The Bertz CT molecular complexity index is 1690. The largest absolute Gasteiger partial charge is 0.496 e. The van der Waals surface area contributed by atoms with Gasteiger partial charge >= 0.3 is 4.87 Å². The topological polar surface area (TPSA) is 97.7 Å². The van der Waals surface area contributed by atoms with Gasteiger partial charge in [0.05, 0.1) is 23.7 Å². The highest BCUT2D eigenvalue weighted by Gasteiger charge is 2.57. The molecule has 4 aromatic rings. The van der Waals surface area contributed by atoms with E-state index in [1.807, 2.05) is 12.1 Å². The number of hydrogen-bond acceptors (Lipinski definition) is 7. The number of thiazole rings is 1. The summed E-state index contributed by atoms with van der Waals surface area (Å²) in [6.45, 7) is -0.258. The molecule has 1 saturated heterocycles. The van der Waals surface area contributed by atoms with Crippen LogP contribution >= 0.6 is 23.1 Å². The number of halogens is 1. The fraction of sp³-hybridized carbons (Fsp3) is 0.172. The second-order valence-electron chi connectivity index (χ2n) is 9.31. The van der Waals surface area contributed by atoms with E-state index in [4.69, 9.17) is 4.74 Å². The Balaban J connectivity index is 1.44. The molecule has 2 aliphatic heterocycles. The first-order valence-corrected chi connectivity index (χ1v) is 14.1. The highest BCUT2D eigenvalue weighted by Crippen LogP contribution is 2.55. The fourth-order valence-electron chi connectivity index (χ4n) is 5.22. The van der Waals surface area contributed by atoms with E-state index in [-0.39, 0.29) is 17.1 Å². The number of nitrogens with one attached hydrogen (secondary N) is 1. The van der Waals surface area contributed by atoms with E-state index in [1.165, 1.54) is 35.9 Å². The number of fused-ring (bicyclic) bond motifs is 2. The number of ether oxygens (including phenoxy) is 1. The molecular weight excluding hydrogens is 553 g/mol. The molecule has 0 saturated carbocycles. The molecule has 1 aromatic heterocycles. The van der Waals surface area contributed by atoms with E-state index in [2.05, 4.69) is 5.32 Å². The van der Waals surface area contributed by atoms with Crippen LogP contribution in [-0.4, -0.2) is 34.6 Å². The zero-order valence-corrected chi connectivity index (χ0v) is 22.7. The van der Waals surface area contributed by atoms with E-state index in [9.17, 15) is 23.6 Å². The molecule has 3 atom stereocenters. The van der Waals surface area contributed by atoms with Crippen molar-refractivity contribution in [2.24, 2.45) is 5.92 Å². The smallest absolute Gasteiger partial charge is 0.308 e. The number of carbonyl (C=O) groups excluding carboxylic acids is 3. The van der Waals surface area contributed by atoms with Crippen molar-refractivity contribution in [1.82, 2.24) is 4.57 Å². The van der Waals surface area contributed by atoms with Crippen LogP contribution in [0.25, 0.3) is 0 Å². The highest BCUT2D eigenvalue weighted by atomic mass is 32.2. The Labute approximate surface area is 236 Å². The van der Waals surface area contributed by atoms with Gasteiger partial charge in [-0.2, -0.15) is 0 Å². The minimum Gasteiger partial charge on any atom is -0.496 e. The van der Waals surface area contributed by atoms with Crippen LogP contribution in [-0.2, 0) is 20.9 Å². The highest BCUT2D eigenvalue weighted by molar-refractivity contribution is 8.00. The molecule has 3 heterocycles. The van der Waals surface area contributed by atoms with Gasteiger partial charge in [0.1, 0.15) is 23.4 Å². The summed E-state index contributed by atoms with van der Waals surface area (Å²) in [7, 11) is 1.52. The van der Waals surface area contributed by atoms with Gasteiger partial charge < -0.3 is 10.1 Å². The van der Waals surface area contributed by atoms with Crippen molar-refractivity contribution in [3.63, 3.8) is 0 Å². The minimum absolute atomic E-state index is 0.258. The molecule has 3 aromatic carbocycles. The third-order valence-electron chi connectivity index (χ3n) is 6.97. The van der Waals surface area contributed by atoms with Gasteiger partial charge in [-0.3, -0.25) is 23.7 Å². The number of benzene rings is 3. The SMILES string of the molecule is COc1ccccc1C1c2sc(=O)n(CC(=O)Nc3ccccc3)c2SC2C(=O)N(c3ccc(F)cc3)C(=O)C21. The molecule has 1 N–H and O–H groups in total. The monoisotopic (exact) mass is 575 g/mol. The average molecular weight is 576 g/mol. The number of hydrogen-bond donors (Lipinski definition) is 1. The average Bonchev–Trinajstić information content (AvgIpc) is 3.40. The van der Waals surface area contributed by atoms with Gasteiger partial charge in [0.25, 0.3) is 0 Å². The molecule has 11 heteroatoms. The molecular formula is C29H22FN3O5S2. The Morgan fingerprint density at radius 3 is 2.38 bits per heavy atom. The van der Waals surface area contributed by atoms with Crippen LogP contribution in [0.4, 0.5) is 15.8 Å². The van der Waals surface area contributed by atoms with Crippen molar-refractivity contribution in [3.8, 4) is 5.75 Å². The summed E-state index contributed by atoms with van der Waals surface area (Å²) in [5.41, 5.74) is 1.52. The quantitative estimate of drug-likeness (QED) is 0.340. The number of carbonyl (C=O) groups is 3. The van der Waals surface area contributed by atoms with Gasteiger partial charge in [-0.15, -0.1) is 0 Å². The van der Waals surface area contributed by atoms with Crippen LogP contribution in [0.2, 0.25) is 0 Å². The summed E-state index contributed by atoms with van der Waals surface area (Å²) < 4.78 is 20.6. The summed E-state index contributed by atoms with van der Waals surface area (Å²) in [4.78, 5) is 55.2. The minimum atomic E-state index is -0.864. The maximum absolute atomic E-state index is 13.9. The maximum Gasteiger partial charge on any atom is 0.308 e. The molecule has 1 fully saturated rings. The number of thioether (sulfide) groups is 1. The van der Waals surface area contributed by atoms with Crippen LogP contribution < -0.4 is 19.8 Å². The summed E-state index contributed by atoms with van der Waals surface area (Å²) in [6, 6.07) is 21.3. The van der Waals surface area contributed by atoms with E-state index in [0.29, 0.717) is 26.9 Å². The van der Waals surface area contributed by atoms with E-state index in [1.54, 1.807) is 42.5 Å². The summed E-state index contributed by atoms with van der Waals surface area (Å²) in [5, 5.41) is 2.39. The number of methoxy groups -OCH3 is 1. The number of imide groups is 1. The molecule has 0 spiro atoms. The van der Waals surface area contributed by atoms with Crippen molar-refractivity contribution in [2.75, 3.05) is 17.3 Å². The lowest BCUT2D eigenvalue weighted by molar-refractivity contribution is -0.122. The van der Waals surface area contributed by atoms with Crippen LogP contribution in [0.3, 0.4) is 0 Å². The first kappa shape index (κ1) is 26.0. The number of aromatic nitrogens is 1. The second-order valence-corrected chi connectivity index (χ2v) is 11.4. The number of nitrogens with zero attached hydrogens (tertiary/aromatic N) is 2. The Morgan fingerprint density at radius 2 is 1.65 bits per heavy atom. The van der Waals surface area contributed by atoms with Crippen molar-refractivity contribution < 1.29 is 23.5 Å². The molecule has 40 heavy (non-hydrogen) atoms. The Hall–Kier alpha value is -4.22.